The van der Waals surface area contributed by atoms with Crippen LogP contribution in [-0.4, -0.2) is 41.9 Å². The minimum atomic E-state index is -0.598. The topological polar surface area (TPSA) is 75.7 Å². The minimum Gasteiger partial charge on any atom is -0.465 e. The maximum atomic E-state index is 12.6. The fraction of sp³-hybridized carbons (Fsp3) is 0.500. The zero-order valence-electron chi connectivity index (χ0n) is 14.4. The van der Waals surface area contributed by atoms with Crippen LogP contribution in [-0.2, 0) is 20.9 Å². The third-order valence-electron chi connectivity index (χ3n) is 3.94. The van der Waals surface area contributed by atoms with Gasteiger partial charge in [0, 0.05) is 12.1 Å². The molecule has 0 spiro atoms. The number of fused-ring (bicyclic) bond motifs is 1. The Hall–Kier alpha value is -2.37. The molecule has 24 heavy (non-hydrogen) atoms. The van der Waals surface area contributed by atoms with Crippen LogP contribution < -0.4 is 5.32 Å². The summed E-state index contributed by atoms with van der Waals surface area (Å²) < 4.78 is 4.82. The van der Waals surface area contributed by atoms with Crippen LogP contribution in [0.1, 0.15) is 43.1 Å². The highest BCUT2D eigenvalue weighted by atomic mass is 16.5. The number of amides is 2. The van der Waals surface area contributed by atoms with Gasteiger partial charge in [0.2, 0.25) is 5.91 Å². The summed E-state index contributed by atoms with van der Waals surface area (Å²) in [6, 6.07) is 6.78. The molecule has 1 atom stereocenters. The van der Waals surface area contributed by atoms with E-state index in [0.29, 0.717) is 18.5 Å². The molecule has 0 saturated carbocycles. The summed E-state index contributed by atoms with van der Waals surface area (Å²) in [5.74, 6) is -0.703. The van der Waals surface area contributed by atoms with Crippen molar-refractivity contribution < 1.29 is 19.1 Å². The van der Waals surface area contributed by atoms with Crippen LogP contribution in [0, 0.1) is 5.92 Å². The molecule has 0 fully saturated rings. The first-order valence-electron chi connectivity index (χ1n) is 8.26. The van der Waals surface area contributed by atoms with Crippen molar-refractivity contribution in [2.24, 2.45) is 5.92 Å². The first-order valence-corrected chi connectivity index (χ1v) is 8.26. The highest BCUT2D eigenvalue weighted by Gasteiger charge is 2.36. The zero-order chi connectivity index (χ0) is 17.7. The van der Waals surface area contributed by atoms with Gasteiger partial charge in [0.05, 0.1) is 6.61 Å². The second kappa shape index (κ2) is 7.95. The molecule has 0 aromatic heterocycles. The van der Waals surface area contributed by atoms with Crippen LogP contribution in [0.15, 0.2) is 24.3 Å². The molecule has 2 amide bonds. The highest BCUT2D eigenvalue weighted by Crippen LogP contribution is 2.26. The van der Waals surface area contributed by atoms with Gasteiger partial charge in [-0.15, -0.1) is 0 Å². The van der Waals surface area contributed by atoms with Gasteiger partial charge >= 0.3 is 5.97 Å². The maximum absolute atomic E-state index is 12.6. The van der Waals surface area contributed by atoms with Crippen molar-refractivity contribution in [1.29, 1.82) is 0 Å². The van der Waals surface area contributed by atoms with Crippen molar-refractivity contribution in [3.8, 4) is 0 Å². The van der Waals surface area contributed by atoms with E-state index in [1.54, 1.807) is 17.9 Å². The van der Waals surface area contributed by atoms with Gasteiger partial charge in [0.1, 0.15) is 12.6 Å². The summed E-state index contributed by atoms with van der Waals surface area (Å²) in [6.07, 6.45) is 0.536. The number of carbonyl (C=O) groups excluding carboxylic acids is 3. The first-order chi connectivity index (χ1) is 11.4. The standard InChI is InChI=1S/C18H24N2O4/c1-4-24-16(21)10-19-17(22)15(9-12(2)3)20-11-13-7-5-6-8-14(13)18(20)23/h5-8,12,15H,4,9-11H2,1-3H3,(H,19,22)/t15-/m1/s1. The molecule has 1 aromatic rings. The van der Waals surface area contributed by atoms with Gasteiger partial charge in [-0.1, -0.05) is 32.0 Å². The van der Waals surface area contributed by atoms with Gasteiger partial charge in [0.15, 0.2) is 0 Å². The molecule has 6 heteroatoms. The summed E-state index contributed by atoms with van der Waals surface area (Å²) >= 11 is 0. The number of benzene rings is 1. The van der Waals surface area contributed by atoms with E-state index < -0.39 is 12.0 Å². The van der Waals surface area contributed by atoms with Gasteiger partial charge < -0.3 is 15.0 Å². The second-order valence-corrected chi connectivity index (χ2v) is 6.26. The molecule has 0 radical (unpaired) electrons. The molecule has 0 saturated heterocycles. The number of carbonyl (C=O) groups is 3. The second-order valence-electron chi connectivity index (χ2n) is 6.26. The lowest BCUT2D eigenvalue weighted by molar-refractivity contribution is -0.143. The molecule has 1 N–H and O–H groups in total. The molecule has 6 nitrogen and oxygen atoms in total. The van der Waals surface area contributed by atoms with E-state index in [1.165, 1.54) is 0 Å². The third kappa shape index (κ3) is 4.13. The van der Waals surface area contributed by atoms with Crippen LogP contribution in [0.2, 0.25) is 0 Å². The number of hydrogen-bond donors (Lipinski definition) is 1. The molecule has 130 valence electrons. The van der Waals surface area contributed by atoms with Gasteiger partial charge in [-0.05, 0) is 30.9 Å². The average Bonchev–Trinajstić information content (AvgIpc) is 2.88. The Morgan fingerprint density at radius 2 is 2.00 bits per heavy atom. The summed E-state index contributed by atoms with van der Waals surface area (Å²) in [6.45, 7) is 6.21. The largest absolute Gasteiger partial charge is 0.465 e. The summed E-state index contributed by atoms with van der Waals surface area (Å²) in [4.78, 5) is 38.2. The Morgan fingerprint density at radius 1 is 1.29 bits per heavy atom. The van der Waals surface area contributed by atoms with Gasteiger partial charge in [0.25, 0.3) is 5.91 Å². The van der Waals surface area contributed by atoms with E-state index in [1.807, 2.05) is 32.0 Å². The smallest absolute Gasteiger partial charge is 0.325 e. The first kappa shape index (κ1) is 18.0. The average molecular weight is 332 g/mol. The lowest BCUT2D eigenvalue weighted by Gasteiger charge is -2.28. The molecule has 1 aliphatic rings. The molecule has 2 rings (SSSR count). The lowest BCUT2D eigenvalue weighted by Crippen LogP contribution is -2.49. The molecular weight excluding hydrogens is 308 g/mol. The van der Waals surface area contributed by atoms with E-state index in [0.717, 1.165) is 5.56 Å². The number of ether oxygens (including phenoxy) is 1. The number of nitrogens with zero attached hydrogens (tertiary/aromatic N) is 1. The number of esters is 1. The van der Waals surface area contributed by atoms with Gasteiger partial charge in [-0.2, -0.15) is 0 Å². The predicted molar refractivity (Wildman–Crippen MR) is 89.2 cm³/mol. The molecule has 0 unspecified atom stereocenters. The number of hydrogen-bond acceptors (Lipinski definition) is 4. The normalized spacial score (nSPS) is 14.5. The van der Waals surface area contributed by atoms with Crippen molar-refractivity contribution in [2.75, 3.05) is 13.2 Å². The summed E-state index contributed by atoms with van der Waals surface area (Å²) in [5, 5.41) is 2.59. The lowest BCUT2D eigenvalue weighted by atomic mass is 10.0. The van der Waals surface area contributed by atoms with Crippen LogP contribution in [0.3, 0.4) is 0 Å². The van der Waals surface area contributed by atoms with Crippen LogP contribution in [0.4, 0.5) is 0 Å². The van der Waals surface area contributed by atoms with Crippen molar-refractivity contribution in [1.82, 2.24) is 10.2 Å². The SMILES string of the molecule is CCOC(=O)CNC(=O)[C@@H](CC(C)C)N1Cc2ccccc2C1=O. The van der Waals surface area contributed by atoms with Gasteiger partial charge in [-0.3, -0.25) is 14.4 Å². The monoisotopic (exact) mass is 332 g/mol. The van der Waals surface area contributed by atoms with E-state index in [2.05, 4.69) is 5.32 Å². The van der Waals surface area contributed by atoms with Crippen LogP contribution in [0.25, 0.3) is 0 Å². The molecule has 1 aliphatic heterocycles. The van der Waals surface area contributed by atoms with Crippen LogP contribution in [0.5, 0.6) is 0 Å². The maximum Gasteiger partial charge on any atom is 0.325 e. The molecule has 1 heterocycles. The Labute approximate surface area is 142 Å². The Bertz CT molecular complexity index is 627. The summed E-state index contributed by atoms with van der Waals surface area (Å²) in [7, 11) is 0. The van der Waals surface area contributed by atoms with Crippen molar-refractivity contribution in [2.45, 2.75) is 39.8 Å². The molecular formula is C18H24N2O4. The third-order valence-corrected chi connectivity index (χ3v) is 3.94. The Balaban J connectivity index is 2.10. The van der Waals surface area contributed by atoms with E-state index in [4.69, 9.17) is 4.74 Å². The van der Waals surface area contributed by atoms with E-state index in [9.17, 15) is 14.4 Å². The molecule has 1 aromatic carbocycles. The van der Waals surface area contributed by atoms with Crippen molar-refractivity contribution >= 4 is 17.8 Å². The highest BCUT2D eigenvalue weighted by molar-refractivity contribution is 6.01. The fourth-order valence-electron chi connectivity index (χ4n) is 2.84. The van der Waals surface area contributed by atoms with Crippen LogP contribution >= 0.6 is 0 Å². The number of rotatable bonds is 7. The Morgan fingerprint density at radius 3 is 2.62 bits per heavy atom. The van der Waals surface area contributed by atoms with E-state index >= 15 is 0 Å². The number of nitrogens with one attached hydrogen (secondary N) is 1. The fourth-order valence-corrected chi connectivity index (χ4v) is 2.84. The Kier molecular flexibility index (Phi) is 5.95. The predicted octanol–water partition coefficient (Wildman–Crippen LogP) is 1.74. The van der Waals surface area contributed by atoms with Crippen molar-refractivity contribution in [3.05, 3.63) is 35.4 Å². The summed E-state index contributed by atoms with van der Waals surface area (Å²) in [5.41, 5.74) is 1.57. The minimum absolute atomic E-state index is 0.137. The molecule has 0 aliphatic carbocycles. The van der Waals surface area contributed by atoms with Gasteiger partial charge in [-0.25, -0.2) is 0 Å². The van der Waals surface area contributed by atoms with E-state index in [-0.39, 0.29) is 30.9 Å². The zero-order valence-corrected chi connectivity index (χ0v) is 14.4. The quantitative estimate of drug-likeness (QED) is 0.772. The van der Waals surface area contributed by atoms with Crippen molar-refractivity contribution in [3.63, 3.8) is 0 Å². The molecule has 0 bridgehead atoms.